The molecule has 23 heavy (non-hydrogen) atoms. The summed E-state index contributed by atoms with van der Waals surface area (Å²) in [7, 11) is 0. The lowest BCUT2D eigenvalue weighted by Gasteiger charge is -2.01. The lowest BCUT2D eigenvalue weighted by atomic mass is 10.3. The van der Waals surface area contributed by atoms with Gasteiger partial charge in [0.2, 0.25) is 0 Å². The Hall–Kier alpha value is -1.64. The van der Waals surface area contributed by atoms with Crippen molar-refractivity contribution in [1.29, 1.82) is 0 Å². The molecule has 0 saturated heterocycles. The third-order valence-corrected chi connectivity index (χ3v) is 6.47. The molecule has 0 aliphatic heterocycles. The Balaban J connectivity index is 1.58. The lowest BCUT2D eigenvalue weighted by molar-refractivity contribution is 0.103. The number of hydrogen-bond donors (Lipinski definition) is 1. The highest BCUT2D eigenvalue weighted by molar-refractivity contribution is 8.00. The smallest absolute Gasteiger partial charge is 0.265 e. The van der Waals surface area contributed by atoms with Crippen LogP contribution in [0.2, 0.25) is 0 Å². The highest BCUT2D eigenvalue weighted by Crippen LogP contribution is 2.25. The van der Waals surface area contributed by atoms with Gasteiger partial charge in [0.05, 0.1) is 32.2 Å². The summed E-state index contributed by atoms with van der Waals surface area (Å²) in [5, 5.41) is 7.19. The number of rotatable bonds is 6. The standard InChI is InChI=1S/C15H16N4OS3/c1-10-12(22-9-16-10)5-6-19-8-11(7-17-19)18-15(20)13-3-4-14(21-2)23-13/h3-4,7-9H,5-6H2,1-2H3,(H,18,20). The van der Waals surface area contributed by atoms with Crippen molar-refractivity contribution in [3.05, 3.63) is 45.5 Å². The van der Waals surface area contributed by atoms with Gasteiger partial charge in [-0.3, -0.25) is 9.48 Å². The first kappa shape index (κ1) is 16.2. The fourth-order valence-electron chi connectivity index (χ4n) is 2.08. The molecule has 1 amide bonds. The maximum atomic E-state index is 12.2. The number of thiazole rings is 1. The zero-order valence-corrected chi connectivity index (χ0v) is 15.2. The maximum absolute atomic E-state index is 12.2. The fraction of sp³-hybridized carbons (Fsp3) is 0.267. The number of aryl methyl sites for hydroxylation is 3. The largest absolute Gasteiger partial charge is 0.319 e. The number of anilines is 1. The molecule has 0 unspecified atom stereocenters. The van der Waals surface area contributed by atoms with Gasteiger partial charge in [-0.2, -0.15) is 5.10 Å². The van der Waals surface area contributed by atoms with E-state index in [0.717, 1.165) is 28.6 Å². The predicted molar refractivity (Wildman–Crippen MR) is 96.8 cm³/mol. The van der Waals surface area contributed by atoms with E-state index in [1.807, 2.05) is 41.7 Å². The molecule has 1 N–H and O–H groups in total. The minimum Gasteiger partial charge on any atom is -0.319 e. The van der Waals surface area contributed by atoms with Gasteiger partial charge in [-0.05, 0) is 25.3 Å². The Morgan fingerprint density at radius 2 is 2.30 bits per heavy atom. The van der Waals surface area contributed by atoms with Gasteiger partial charge in [-0.1, -0.05) is 0 Å². The minimum atomic E-state index is -0.0897. The van der Waals surface area contributed by atoms with E-state index in [2.05, 4.69) is 15.4 Å². The van der Waals surface area contributed by atoms with Crippen LogP contribution in [0.1, 0.15) is 20.2 Å². The molecule has 3 rings (SSSR count). The van der Waals surface area contributed by atoms with Gasteiger partial charge in [0.1, 0.15) is 0 Å². The molecule has 5 nitrogen and oxygen atoms in total. The summed E-state index contributed by atoms with van der Waals surface area (Å²) in [6, 6.07) is 3.81. The average molecular weight is 365 g/mol. The Morgan fingerprint density at radius 3 is 3.00 bits per heavy atom. The molecule has 0 aliphatic carbocycles. The quantitative estimate of drug-likeness (QED) is 0.673. The second-order valence-electron chi connectivity index (χ2n) is 4.88. The van der Waals surface area contributed by atoms with E-state index in [9.17, 15) is 4.79 Å². The normalized spacial score (nSPS) is 10.9. The number of thioether (sulfide) groups is 1. The van der Waals surface area contributed by atoms with E-state index < -0.39 is 0 Å². The number of nitrogens with one attached hydrogen (secondary N) is 1. The van der Waals surface area contributed by atoms with E-state index in [-0.39, 0.29) is 5.91 Å². The zero-order chi connectivity index (χ0) is 16.2. The summed E-state index contributed by atoms with van der Waals surface area (Å²) >= 11 is 4.80. The van der Waals surface area contributed by atoms with Crippen molar-refractivity contribution in [2.24, 2.45) is 0 Å². The van der Waals surface area contributed by atoms with E-state index in [1.165, 1.54) is 16.2 Å². The first-order valence-electron chi connectivity index (χ1n) is 7.02. The van der Waals surface area contributed by atoms with E-state index in [0.29, 0.717) is 4.88 Å². The minimum absolute atomic E-state index is 0.0897. The van der Waals surface area contributed by atoms with Crippen LogP contribution in [0.25, 0.3) is 0 Å². The van der Waals surface area contributed by atoms with Crippen LogP contribution in [0.3, 0.4) is 0 Å². The summed E-state index contributed by atoms with van der Waals surface area (Å²) in [6.45, 7) is 2.79. The molecule has 0 aromatic carbocycles. The molecule has 120 valence electrons. The van der Waals surface area contributed by atoms with Crippen molar-refractivity contribution in [1.82, 2.24) is 14.8 Å². The number of aromatic nitrogens is 3. The number of carbonyl (C=O) groups excluding carboxylic acids is 1. The molecule has 0 aliphatic rings. The Labute approximate surface area is 146 Å². The molecule has 0 bridgehead atoms. The molecular formula is C15H16N4OS3. The van der Waals surface area contributed by atoms with Crippen molar-refractivity contribution in [2.45, 2.75) is 24.1 Å². The SMILES string of the molecule is CSc1ccc(C(=O)Nc2cnn(CCc3scnc3C)c2)s1. The number of amides is 1. The Kier molecular flexibility index (Phi) is 5.14. The molecule has 3 aromatic heterocycles. The zero-order valence-electron chi connectivity index (χ0n) is 12.8. The molecule has 0 fully saturated rings. The van der Waals surface area contributed by atoms with E-state index >= 15 is 0 Å². The summed E-state index contributed by atoms with van der Waals surface area (Å²) in [6.07, 6.45) is 6.44. The number of thiophene rings is 1. The van der Waals surface area contributed by atoms with Crippen LogP contribution in [-0.2, 0) is 13.0 Å². The second kappa shape index (κ2) is 7.29. The topological polar surface area (TPSA) is 59.8 Å². The van der Waals surface area contributed by atoms with E-state index in [4.69, 9.17) is 0 Å². The number of carbonyl (C=O) groups is 1. The van der Waals surface area contributed by atoms with Crippen LogP contribution in [-0.4, -0.2) is 26.9 Å². The van der Waals surface area contributed by atoms with Crippen LogP contribution in [0.15, 0.2) is 34.2 Å². The van der Waals surface area contributed by atoms with Gasteiger partial charge in [0, 0.05) is 24.0 Å². The van der Waals surface area contributed by atoms with Gasteiger partial charge in [0.15, 0.2) is 0 Å². The van der Waals surface area contributed by atoms with Crippen LogP contribution in [0.4, 0.5) is 5.69 Å². The van der Waals surface area contributed by atoms with Gasteiger partial charge in [-0.15, -0.1) is 34.4 Å². The molecule has 8 heteroatoms. The second-order valence-corrected chi connectivity index (χ2v) is 8.01. The summed E-state index contributed by atoms with van der Waals surface area (Å²) in [5.74, 6) is -0.0897. The summed E-state index contributed by atoms with van der Waals surface area (Å²) < 4.78 is 2.97. The van der Waals surface area contributed by atoms with Gasteiger partial charge in [-0.25, -0.2) is 4.98 Å². The maximum Gasteiger partial charge on any atom is 0.265 e. The molecular weight excluding hydrogens is 348 g/mol. The van der Waals surface area contributed by atoms with Crippen LogP contribution < -0.4 is 5.32 Å². The van der Waals surface area contributed by atoms with Crippen molar-refractivity contribution in [3.8, 4) is 0 Å². The van der Waals surface area contributed by atoms with Crippen molar-refractivity contribution >= 4 is 46.0 Å². The highest BCUT2D eigenvalue weighted by atomic mass is 32.2. The fourth-order valence-corrected chi connectivity index (χ4v) is 4.29. The van der Waals surface area contributed by atoms with Crippen molar-refractivity contribution < 1.29 is 4.79 Å². The first-order valence-corrected chi connectivity index (χ1v) is 9.94. The number of hydrogen-bond acceptors (Lipinski definition) is 6. The highest BCUT2D eigenvalue weighted by Gasteiger charge is 2.10. The summed E-state index contributed by atoms with van der Waals surface area (Å²) in [5.41, 5.74) is 3.66. The molecule has 3 aromatic rings. The van der Waals surface area contributed by atoms with Gasteiger partial charge in [0.25, 0.3) is 5.91 Å². The molecule has 0 saturated carbocycles. The first-order chi connectivity index (χ1) is 11.2. The van der Waals surface area contributed by atoms with Crippen molar-refractivity contribution in [2.75, 3.05) is 11.6 Å². The number of nitrogens with zero attached hydrogens (tertiary/aromatic N) is 3. The third-order valence-electron chi connectivity index (χ3n) is 3.31. The Morgan fingerprint density at radius 1 is 1.43 bits per heavy atom. The lowest BCUT2D eigenvalue weighted by Crippen LogP contribution is -2.09. The molecule has 0 atom stereocenters. The van der Waals surface area contributed by atoms with Gasteiger partial charge >= 0.3 is 0 Å². The molecule has 3 heterocycles. The molecule has 0 radical (unpaired) electrons. The average Bonchev–Trinajstić information content (AvgIpc) is 3.26. The molecule has 0 spiro atoms. The third kappa shape index (κ3) is 4.01. The van der Waals surface area contributed by atoms with Crippen LogP contribution in [0, 0.1) is 6.92 Å². The van der Waals surface area contributed by atoms with Gasteiger partial charge < -0.3 is 5.32 Å². The predicted octanol–water partition coefficient (Wildman–Crippen LogP) is 3.93. The monoisotopic (exact) mass is 364 g/mol. The van der Waals surface area contributed by atoms with Crippen LogP contribution >= 0.6 is 34.4 Å². The van der Waals surface area contributed by atoms with E-state index in [1.54, 1.807) is 29.3 Å². The van der Waals surface area contributed by atoms with Crippen LogP contribution in [0.5, 0.6) is 0 Å². The summed E-state index contributed by atoms with van der Waals surface area (Å²) in [4.78, 5) is 18.4. The Bertz CT molecular complexity index is 805. The van der Waals surface area contributed by atoms with Crippen molar-refractivity contribution in [3.63, 3.8) is 0 Å².